The Balaban J connectivity index is 1.74. The topological polar surface area (TPSA) is 79.4 Å². The van der Waals surface area contributed by atoms with E-state index in [4.69, 9.17) is 0 Å². The van der Waals surface area contributed by atoms with E-state index in [1.54, 1.807) is 11.3 Å². The minimum Gasteiger partial charge on any atom is -0.332 e. The van der Waals surface area contributed by atoms with Gasteiger partial charge >= 0.3 is 0 Å². The molecule has 0 fully saturated rings. The molecule has 0 aliphatic heterocycles. The molecule has 102 valence electrons. The van der Waals surface area contributed by atoms with Gasteiger partial charge in [-0.25, -0.2) is 10.1 Å². The van der Waals surface area contributed by atoms with E-state index >= 15 is 0 Å². The molecule has 0 unspecified atom stereocenters. The number of rotatable bonds is 4. The molecule has 3 rings (SSSR count). The van der Waals surface area contributed by atoms with Gasteiger partial charge in [0.2, 0.25) is 0 Å². The van der Waals surface area contributed by atoms with Gasteiger partial charge in [-0.2, -0.15) is 0 Å². The van der Waals surface area contributed by atoms with Gasteiger partial charge in [-0.1, -0.05) is 19.1 Å². The number of thiazole rings is 1. The Bertz CT molecular complexity index is 673. The van der Waals surface area contributed by atoms with E-state index in [-0.39, 0.29) is 5.92 Å². The summed E-state index contributed by atoms with van der Waals surface area (Å²) in [4.78, 5) is 4.38. The van der Waals surface area contributed by atoms with Crippen molar-refractivity contribution in [3.63, 3.8) is 0 Å². The zero-order chi connectivity index (χ0) is 13.9. The summed E-state index contributed by atoms with van der Waals surface area (Å²) in [6, 6.07) is 8.20. The second-order valence-electron chi connectivity index (χ2n) is 4.55. The zero-order valence-electron chi connectivity index (χ0n) is 11.2. The van der Waals surface area contributed by atoms with Gasteiger partial charge < -0.3 is 5.32 Å². The number of anilines is 2. The maximum Gasteiger partial charge on any atom is 0.187 e. The van der Waals surface area contributed by atoms with Gasteiger partial charge in [-0.15, -0.1) is 16.4 Å². The van der Waals surface area contributed by atoms with Gasteiger partial charge in [0, 0.05) is 17.0 Å². The largest absolute Gasteiger partial charge is 0.332 e. The number of aryl methyl sites for hydroxylation is 1. The number of hydrogen-bond acceptors (Lipinski definition) is 6. The molecular weight excluding hydrogens is 272 g/mol. The second-order valence-corrected chi connectivity index (χ2v) is 5.41. The molecule has 0 aliphatic carbocycles. The standard InChI is InChI=1S/C13H14N6S/c1-8-7-20-13(14-8)15-11-5-3-10(4-6-11)9(2)12-16-18-19-17-12/h3-7,9H,1-2H3,(H,14,15)(H,16,17,18,19)/t9-/m1/s1. The van der Waals surface area contributed by atoms with Crippen molar-refractivity contribution in [2.75, 3.05) is 5.32 Å². The summed E-state index contributed by atoms with van der Waals surface area (Å²) in [7, 11) is 0. The molecule has 3 aromatic rings. The predicted octanol–water partition coefficient (Wildman–Crippen LogP) is 2.86. The van der Waals surface area contributed by atoms with Crippen LogP contribution in [0.1, 0.15) is 29.9 Å². The molecule has 7 heteroatoms. The lowest BCUT2D eigenvalue weighted by molar-refractivity contribution is 0.821. The van der Waals surface area contributed by atoms with Crippen molar-refractivity contribution in [3.05, 3.63) is 46.7 Å². The summed E-state index contributed by atoms with van der Waals surface area (Å²) in [6.45, 7) is 4.05. The van der Waals surface area contributed by atoms with Gasteiger partial charge in [0.1, 0.15) is 0 Å². The molecule has 2 aromatic heterocycles. The molecule has 0 amide bonds. The van der Waals surface area contributed by atoms with Crippen LogP contribution >= 0.6 is 11.3 Å². The van der Waals surface area contributed by atoms with E-state index in [2.05, 4.69) is 50.0 Å². The fourth-order valence-electron chi connectivity index (χ4n) is 1.90. The molecule has 6 nitrogen and oxygen atoms in total. The fraction of sp³-hybridized carbons (Fsp3) is 0.231. The Labute approximate surface area is 120 Å². The molecule has 0 bridgehead atoms. The predicted molar refractivity (Wildman–Crippen MR) is 78.3 cm³/mol. The number of H-pyrrole nitrogens is 1. The molecule has 0 radical (unpaired) electrons. The SMILES string of the molecule is Cc1csc(Nc2ccc([C@@H](C)c3nnn[nH]3)cc2)n1. The molecular formula is C13H14N6S. The van der Waals surface area contributed by atoms with E-state index in [1.807, 2.05) is 24.4 Å². The second kappa shape index (κ2) is 5.38. The molecule has 0 spiro atoms. The Morgan fingerprint density at radius 1 is 1.25 bits per heavy atom. The third-order valence-electron chi connectivity index (χ3n) is 3.05. The van der Waals surface area contributed by atoms with Crippen molar-refractivity contribution in [3.8, 4) is 0 Å². The fourth-order valence-corrected chi connectivity index (χ4v) is 2.61. The van der Waals surface area contributed by atoms with Gasteiger partial charge in [-0.05, 0) is 35.0 Å². The maximum absolute atomic E-state index is 4.38. The molecule has 0 saturated heterocycles. The average molecular weight is 286 g/mol. The molecule has 1 atom stereocenters. The van der Waals surface area contributed by atoms with Crippen molar-refractivity contribution in [1.29, 1.82) is 0 Å². The van der Waals surface area contributed by atoms with Crippen molar-refractivity contribution >= 4 is 22.2 Å². The molecule has 20 heavy (non-hydrogen) atoms. The van der Waals surface area contributed by atoms with Crippen LogP contribution in [-0.2, 0) is 0 Å². The number of aromatic nitrogens is 5. The summed E-state index contributed by atoms with van der Waals surface area (Å²) < 4.78 is 0. The van der Waals surface area contributed by atoms with Gasteiger partial charge in [0.25, 0.3) is 0 Å². The first-order valence-electron chi connectivity index (χ1n) is 6.25. The highest BCUT2D eigenvalue weighted by molar-refractivity contribution is 7.13. The molecule has 0 aliphatic rings. The van der Waals surface area contributed by atoms with E-state index in [0.29, 0.717) is 0 Å². The molecule has 2 N–H and O–H groups in total. The normalized spacial score (nSPS) is 12.3. The van der Waals surface area contributed by atoms with E-state index in [9.17, 15) is 0 Å². The summed E-state index contributed by atoms with van der Waals surface area (Å²) >= 11 is 1.60. The lowest BCUT2D eigenvalue weighted by Gasteiger charge is -2.09. The summed E-state index contributed by atoms with van der Waals surface area (Å²) in [5.74, 6) is 0.905. The Kier molecular flexibility index (Phi) is 3.42. The van der Waals surface area contributed by atoms with Gasteiger partial charge in [-0.3, -0.25) is 0 Å². The lowest BCUT2D eigenvalue weighted by atomic mass is 10.0. The molecule has 1 aromatic carbocycles. The average Bonchev–Trinajstić information content (AvgIpc) is 3.11. The summed E-state index contributed by atoms with van der Waals surface area (Å²) in [6.07, 6.45) is 0. The van der Waals surface area contributed by atoms with Gasteiger partial charge in [0.05, 0.1) is 5.69 Å². The minimum absolute atomic E-state index is 0.140. The van der Waals surface area contributed by atoms with Crippen molar-refractivity contribution in [2.45, 2.75) is 19.8 Å². The number of nitrogens with one attached hydrogen (secondary N) is 2. The van der Waals surface area contributed by atoms with Crippen LogP contribution in [-0.4, -0.2) is 25.6 Å². The lowest BCUT2D eigenvalue weighted by Crippen LogP contribution is -1.99. The van der Waals surface area contributed by atoms with E-state index < -0.39 is 0 Å². The first-order valence-corrected chi connectivity index (χ1v) is 7.13. The highest BCUT2D eigenvalue weighted by Crippen LogP contribution is 2.24. The smallest absolute Gasteiger partial charge is 0.187 e. The van der Waals surface area contributed by atoms with E-state index in [0.717, 1.165) is 27.9 Å². The monoisotopic (exact) mass is 286 g/mol. The number of aromatic amines is 1. The number of hydrogen-bond donors (Lipinski definition) is 2. The van der Waals surface area contributed by atoms with Crippen LogP contribution in [0.4, 0.5) is 10.8 Å². The highest BCUT2D eigenvalue weighted by Gasteiger charge is 2.11. The van der Waals surface area contributed by atoms with Gasteiger partial charge in [0.15, 0.2) is 11.0 Å². The third kappa shape index (κ3) is 2.67. The van der Waals surface area contributed by atoms with E-state index in [1.165, 1.54) is 0 Å². The Hall–Kier alpha value is -2.28. The highest BCUT2D eigenvalue weighted by atomic mass is 32.1. The summed E-state index contributed by atoms with van der Waals surface area (Å²) in [5, 5.41) is 20.2. The summed E-state index contributed by atoms with van der Waals surface area (Å²) in [5.41, 5.74) is 3.20. The van der Waals surface area contributed by atoms with Crippen LogP contribution < -0.4 is 5.32 Å². The zero-order valence-corrected chi connectivity index (χ0v) is 12.0. The minimum atomic E-state index is 0.140. The third-order valence-corrected chi connectivity index (χ3v) is 3.93. The van der Waals surface area contributed by atoms with Crippen molar-refractivity contribution in [2.24, 2.45) is 0 Å². The van der Waals surface area contributed by atoms with Crippen LogP contribution in [0, 0.1) is 6.92 Å². The van der Waals surface area contributed by atoms with Crippen LogP contribution in [0.25, 0.3) is 0 Å². The quantitative estimate of drug-likeness (QED) is 0.771. The number of nitrogens with zero attached hydrogens (tertiary/aromatic N) is 4. The molecule has 2 heterocycles. The number of benzene rings is 1. The van der Waals surface area contributed by atoms with Crippen LogP contribution in [0.5, 0.6) is 0 Å². The molecule has 0 saturated carbocycles. The first-order chi connectivity index (χ1) is 9.72. The maximum atomic E-state index is 4.38. The van der Waals surface area contributed by atoms with Crippen LogP contribution in [0.2, 0.25) is 0 Å². The Morgan fingerprint density at radius 3 is 2.65 bits per heavy atom. The first kappa shape index (κ1) is 12.7. The van der Waals surface area contributed by atoms with Crippen LogP contribution in [0.15, 0.2) is 29.6 Å². The van der Waals surface area contributed by atoms with Crippen molar-refractivity contribution in [1.82, 2.24) is 25.6 Å². The number of tetrazole rings is 1. The van der Waals surface area contributed by atoms with Crippen LogP contribution in [0.3, 0.4) is 0 Å². The van der Waals surface area contributed by atoms with Crippen molar-refractivity contribution < 1.29 is 0 Å². The Morgan fingerprint density at radius 2 is 2.05 bits per heavy atom.